The molecule has 1 rings (SSSR count). The molecule has 3 N–H and O–H groups in total. The lowest BCUT2D eigenvalue weighted by molar-refractivity contribution is -0.417. The van der Waals surface area contributed by atoms with Gasteiger partial charge in [-0.05, 0) is 6.42 Å². The monoisotopic (exact) mass is 322 g/mol. The molecule has 0 unspecified atom stereocenters. The van der Waals surface area contributed by atoms with Crippen LogP contribution in [-0.4, -0.2) is 36.6 Å². The van der Waals surface area contributed by atoms with Crippen molar-refractivity contribution in [3.05, 3.63) is 21.6 Å². The van der Waals surface area contributed by atoms with E-state index in [1.807, 2.05) is 0 Å². The van der Waals surface area contributed by atoms with E-state index in [1.165, 1.54) is 0 Å². The van der Waals surface area contributed by atoms with Crippen LogP contribution in [0.4, 0.5) is 0 Å². The van der Waals surface area contributed by atoms with Crippen molar-refractivity contribution in [2.24, 2.45) is 4.99 Å². The Kier molecular flexibility index (Phi) is 6.57. The maximum absolute atomic E-state index is 10.8. The number of hydrogen-bond acceptors (Lipinski definition) is 5. The first-order chi connectivity index (χ1) is 7.34. The molecule has 0 atom stereocenters. The Hall–Kier alpha value is -0.210. The smallest absolute Gasteiger partial charge is 0.342 e. The molecule has 0 aromatic carbocycles. The van der Waals surface area contributed by atoms with Gasteiger partial charge in [-0.1, -0.05) is 46.6 Å². The SMILES string of the molecule is O.O=[N+]([O-])/C(C1=NCCCS1)=C(\O)C(Cl)(Cl)Cl. The van der Waals surface area contributed by atoms with Gasteiger partial charge < -0.3 is 10.6 Å². The van der Waals surface area contributed by atoms with Gasteiger partial charge in [-0.25, -0.2) is 0 Å². The number of rotatable bonds is 2. The fourth-order valence-electron chi connectivity index (χ4n) is 1.00. The van der Waals surface area contributed by atoms with E-state index in [0.717, 1.165) is 18.2 Å². The third-order valence-electron chi connectivity index (χ3n) is 1.67. The van der Waals surface area contributed by atoms with Gasteiger partial charge in [0.2, 0.25) is 5.76 Å². The van der Waals surface area contributed by atoms with Crippen molar-refractivity contribution in [3.63, 3.8) is 0 Å². The fraction of sp³-hybridized carbons (Fsp3) is 0.571. The van der Waals surface area contributed by atoms with E-state index < -0.39 is 20.2 Å². The molecule has 0 saturated carbocycles. The lowest BCUT2D eigenvalue weighted by atomic mass is 10.4. The number of aliphatic hydroxyl groups is 1. The van der Waals surface area contributed by atoms with Gasteiger partial charge in [-0.15, -0.1) is 0 Å². The molecule has 0 aliphatic carbocycles. The minimum atomic E-state index is -2.22. The van der Waals surface area contributed by atoms with Gasteiger partial charge in [0.25, 0.3) is 3.79 Å². The summed E-state index contributed by atoms with van der Waals surface area (Å²) in [5.74, 6) is -0.223. The van der Waals surface area contributed by atoms with E-state index in [0.29, 0.717) is 12.3 Å². The molecule has 0 radical (unpaired) electrons. The largest absolute Gasteiger partial charge is 0.503 e. The Bertz CT molecular complexity index is 367. The third-order valence-corrected chi connectivity index (χ3v) is 3.30. The van der Waals surface area contributed by atoms with E-state index >= 15 is 0 Å². The number of nitro groups is 1. The molecule has 98 valence electrons. The van der Waals surface area contributed by atoms with Crippen molar-refractivity contribution in [3.8, 4) is 0 Å². The van der Waals surface area contributed by atoms with Crippen molar-refractivity contribution in [1.29, 1.82) is 0 Å². The second-order valence-corrected chi connectivity index (χ2v) is 6.21. The van der Waals surface area contributed by atoms with E-state index in [-0.39, 0.29) is 10.5 Å². The number of allylic oxidation sites excluding steroid dienone is 1. The zero-order valence-corrected chi connectivity index (χ0v) is 11.4. The molecule has 0 aromatic heterocycles. The Labute approximate surface area is 116 Å². The average Bonchev–Trinajstić information content (AvgIpc) is 2.17. The molecule has 0 bridgehead atoms. The van der Waals surface area contributed by atoms with Gasteiger partial charge in [0.05, 0.1) is 4.92 Å². The van der Waals surface area contributed by atoms with Crippen LogP contribution >= 0.6 is 46.6 Å². The van der Waals surface area contributed by atoms with Crippen LogP contribution in [0.5, 0.6) is 0 Å². The molecular formula is C7H9Cl3N2O4S. The van der Waals surface area contributed by atoms with Gasteiger partial charge in [-0.3, -0.25) is 15.1 Å². The second kappa shape index (κ2) is 6.65. The molecule has 1 aliphatic heterocycles. The third kappa shape index (κ3) is 4.51. The Morgan fingerprint density at radius 1 is 1.53 bits per heavy atom. The van der Waals surface area contributed by atoms with Gasteiger partial charge in [0.1, 0.15) is 0 Å². The quantitative estimate of drug-likeness (QED) is 0.363. The lowest BCUT2D eigenvalue weighted by Gasteiger charge is -2.13. The van der Waals surface area contributed by atoms with Gasteiger partial charge in [0.15, 0.2) is 5.04 Å². The highest BCUT2D eigenvalue weighted by Crippen LogP contribution is 2.36. The van der Waals surface area contributed by atoms with Crippen molar-refractivity contribution in [2.75, 3.05) is 12.3 Å². The molecule has 0 amide bonds. The van der Waals surface area contributed by atoms with Crippen molar-refractivity contribution < 1.29 is 15.5 Å². The minimum absolute atomic E-state index is 0. The number of halogens is 3. The summed E-state index contributed by atoms with van der Waals surface area (Å²) < 4.78 is -2.22. The summed E-state index contributed by atoms with van der Waals surface area (Å²) in [6, 6.07) is 0. The summed E-state index contributed by atoms with van der Waals surface area (Å²) in [7, 11) is 0. The number of aliphatic hydroxyl groups excluding tert-OH is 1. The van der Waals surface area contributed by atoms with Crippen LogP contribution < -0.4 is 0 Å². The Morgan fingerprint density at radius 3 is 2.47 bits per heavy atom. The van der Waals surface area contributed by atoms with Gasteiger partial charge in [-0.2, -0.15) is 0 Å². The second-order valence-electron chi connectivity index (χ2n) is 2.84. The fourth-order valence-corrected chi connectivity index (χ4v) is 2.23. The molecule has 1 heterocycles. The van der Waals surface area contributed by atoms with E-state index in [2.05, 4.69) is 4.99 Å². The highest BCUT2D eigenvalue weighted by Gasteiger charge is 2.38. The summed E-state index contributed by atoms with van der Waals surface area (Å²) in [4.78, 5) is 13.9. The van der Waals surface area contributed by atoms with Crippen LogP contribution in [0.3, 0.4) is 0 Å². The summed E-state index contributed by atoms with van der Waals surface area (Å²) in [5, 5.41) is 20.4. The number of nitrogens with zero attached hydrogens (tertiary/aromatic N) is 2. The molecule has 17 heavy (non-hydrogen) atoms. The predicted molar refractivity (Wildman–Crippen MR) is 69.9 cm³/mol. The summed E-state index contributed by atoms with van der Waals surface area (Å²) in [5.41, 5.74) is -0.635. The zero-order valence-electron chi connectivity index (χ0n) is 8.32. The summed E-state index contributed by atoms with van der Waals surface area (Å²) >= 11 is 17.3. The van der Waals surface area contributed by atoms with Crippen molar-refractivity contribution >= 4 is 51.6 Å². The minimum Gasteiger partial charge on any atom is -0.503 e. The zero-order chi connectivity index (χ0) is 12.3. The molecule has 1 aliphatic rings. The van der Waals surface area contributed by atoms with E-state index in [1.54, 1.807) is 0 Å². The van der Waals surface area contributed by atoms with Gasteiger partial charge >= 0.3 is 5.70 Å². The van der Waals surface area contributed by atoms with Crippen LogP contribution in [0.25, 0.3) is 0 Å². The van der Waals surface area contributed by atoms with Crippen LogP contribution in [0.2, 0.25) is 0 Å². The van der Waals surface area contributed by atoms with E-state index in [4.69, 9.17) is 34.8 Å². The maximum atomic E-state index is 10.8. The van der Waals surface area contributed by atoms with Crippen LogP contribution in [-0.2, 0) is 0 Å². The number of alkyl halides is 3. The highest BCUT2D eigenvalue weighted by molar-refractivity contribution is 8.14. The standard InChI is InChI=1S/C7H7Cl3N2O3S.H2O/c8-7(9,10)5(13)4(12(14)15)6-11-2-1-3-16-6;/h13H,1-3H2;1H2/b5-4-;. The normalized spacial score (nSPS) is 17.7. The first-order valence-corrected chi connectivity index (χ1v) is 6.28. The lowest BCUT2D eigenvalue weighted by Crippen LogP contribution is -2.21. The van der Waals surface area contributed by atoms with Crippen molar-refractivity contribution in [1.82, 2.24) is 0 Å². The van der Waals surface area contributed by atoms with Crippen LogP contribution in [0, 0.1) is 10.1 Å². The van der Waals surface area contributed by atoms with Crippen LogP contribution in [0.15, 0.2) is 16.4 Å². The topological polar surface area (TPSA) is 107 Å². The first-order valence-electron chi connectivity index (χ1n) is 4.16. The summed E-state index contributed by atoms with van der Waals surface area (Å²) in [6.07, 6.45) is 0.827. The Balaban J connectivity index is 0.00000256. The highest BCUT2D eigenvalue weighted by atomic mass is 35.6. The average molecular weight is 324 g/mol. The molecular weight excluding hydrogens is 315 g/mol. The molecule has 0 saturated heterocycles. The van der Waals surface area contributed by atoms with Crippen LogP contribution in [0.1, 0.15) is 6.42 Å². The molecule has 0 aromatic rings. The van der Waals surface area contributed by atoms with E-state index in [9.17, 15) is 15.2 Å². The number of hydrogen-bond donors (Lipinski definition) is 1. The first kappa shape index (κ1) is 16.8. The molecule has 0 spiro atoms. The number of aliphatic imine (C=N–C) groups is 1. The number of thioether (sulfide) groups is 1. The maximum Gasteiger partial charge on any atom is 0.342 e. The summed E-state index contributed by atoms with van der Waals surface area (Å²) in [6.45, 7) is 0.465. The molecule has 0 fully saturated rings. The predicted octanol–water partition coefficient (Wildman–Crippen LogP) is 2.11. The van der Waals surface area contributed by atoms with Crippen molar-refractivity contribution in [2.45, 2.75) is 10.2 Å². The van der Waals surface area contributed by atoms with Gasteiger partial charge in [0, 0.05) is 12.3 Å². The molecule has 6 nitrogen and oxygen atoms in total. The molecule has 10 heteroatoms. The Morgan fingerprint density at radius 2 is 2.12 bits per heavy atom.